The lowest BCUT2D eigenvalue weighted by Gasteiger charge is -2.46. The van der Waals surface area contributed by atoms with Crippen LogP contribution in [0.5, 0.6) is 5.75 Å². The number of nitrogens with one attached hydrogen (secondary N) is 1. The van der Waals surface area contributed by atoms with Crippen molar-refractivity contribution in [3.63, 3.8) is 0 Å². The minimum atomic E-state index is -1.08. The summed E-state index contributed by atoms with van der Waals surface area (Å²) in [5, 5.41) is 3.35. The van der Waals surface area contributed by atoms with Gasteiger partial charge in [-0.3, -0.25) is 9.59 Å². The van der Waals surface area contributed by atoms with Crippen molar-refractivity contribution in [1.29, 1.82) is 0 Å². The average molecular weight is 490 g/mol. The van der Waals surface area contributed by atoms with E-state index in [1.807, 2.05) is 60.0 Å². The van der Waals surface area contributed by atoms with Crippen molar-refractivity contribution < 1.29 is 18.7 Å². The zero-order valence-electron chi connectivity index (χ0n) is 21.5. The fourth-order valence-corrected chi connectivity index (χ4v) is 5.68. The van der Waals surface area contributed by atoms with Gasteiger partial charge in [-0.2, -0.15) is 0 Å². The number of amides is 2. The summed E-state index contributed by atoms with van der Waals surface area (Å²) in [6, 6.07) is 15.2. The second-order valence-corrected chi connectivity index (χ2v) is 10.5. The highest BCUT2D eigenvalue weighted by molar-refractivity contribution is 6.00. The highest BCUT2D eigenvalue weighted by Crippen LogP contribution is 2.36. The van der Waals surface area contributed by atoms with Crippen LogP contribution < -0.4 is 10.1 Å². The lowest BCUT2D eigenvalue weighted by molar-refractivity contribution is -0.134. The van der Waals surface area contributed by atoms with Crippen LogP contribution in [-0.2, 0) is 17.9 Å². The van der Waals surface area contributed by atoms with Crippen LogP contribution in [0, 0.1) is 11.8 Å². The number of hydrogen-bond acceptors (Lipinski definition) is 4. The van der Waals surface area contributed by atoms with Crippen LogP contribution in [0.3, 0.4) is 0 Å². The minimum absolute atomic E-state index is 0.103. The maximum atomic E-state index is 14.1. The Morgan fingerprint density at radius 3 is 2.56 bits per heavy atom. The fraction of sp³-hybridized carbons (Fsp3) is 0.448. The Labute approximate surface area is 212 Å². The van der Waals surface area contributed by atoms with Crippen molar-refractivity contribution in [2.24, 2.45) is 11.8 Å². The van der Waals surface area contributed by atoms with Crippen LogP contribution in [0.4, 0.5) is 0 Å². The lowest BCUT2D eigenvalue weighted by Crippen LogP contribution is -2.65. The number of nitrogens with zero attached hydrogens (tertiary/aromatic N) is 2. The number of rotatable bonds is 6. The predicted molar refractivity (Wildman–Crippen MR) is 138 cm³/mol. The Morgan fingerprint density at radius 1 is 1.11 bits per heavy atom. The van der Waals surface area contributed by atoms with Crippen molar-refractivity contribution in [3.05, 3.63) is 66.1 Å². The molecule has 1 saturated carbocycles. The second kappa shape index (κ2) is 9.52. The molecule has 0 bridgehead atoms. The first-order valence-corrected chi connectivity index (χ1v) is 12.8. The third-order valence-electron chi connectivity index (χ3n) is 8.29. The number of ether oxygens (including phenoxy) is 1. The van der Waals surface area contributed by atoms with Crippen LogP contribution in [0.2, 0.25) is 0 Å². The summed E-state index contributed by atoms with van der Waals surface area (Å²) in [5.74, 6) is 2.10. The van der Waals surface area contributed by atoms with Gasteiger partial charge in [0.25, 0.3) is 5.91 Å². The Hall–Kier alpha value is -3.48. The molecule has 0 unspecified atom stereocenters. The molecule has 1 aliphatic carbocycles. The second-order valence-electron chi connectivity index (χ2n) is 10.5. The number of benzene rings is 1. The molecule has 36 heavy (non-hydrogen) atoms. The van der Waals surface area contributed by atoms with E-state index in [2.05, 4.69) is 19.2 Å². The smallest absolute Gasteiger partial charge is 0.271 e. The van der Waals surface area contributed by atoms with E-state index >= 15 is 0 Å². The molecule has 0 radical (unpaired) electrons. The first kappa shape index (κ1) is 24.2. The van der Waals surface area contributed by atoms with Gasteiger partial charge in [-0.05, 0) is 67.1 Å². The van der Waals surface area contributed by atoms with E-state index in [4.69, 9.17) is 9.15 Å². The molecule has 5 rings (SSSR count). The van der Waals surface area contributed by atoms with Crippen molar-refractivity contribution in [3.8, 4) is 17.2 Å². The standard InChI is InChI=1S/C29H35N3O4/c1-19-7-5-8-23(20(19)2)30-28(34)29(3)18-31-24(26-9-6-16-36-26)14-15-25(31)27(33)32(29)17-21-10-12-22(35-4)13-11-21/h6,9-16,19-20,23H,5,7-8,17-18H2,1-4H3,(H,30,34)/t19-,20-,23-,29-/m1/s1. The number of aromatic nitrogens is 1. The number of fused-ring (bicyclic) bond motifs is 1. The van der Waals surface area contributed by atoms with Crippen molar-refractivity contribution in [2.75, 3.05) is 7.11 Å². The van der Waals surface area contributed by atoms with Gasteiger partial charge in [-0.25, -0.2) is 0 Å². The minimum Gasteiger partial charge on any atom is -0.497 e. The molecule has 4 atom stereocenters. The van der Waals surface area contributed by atoms with Crippen molar-refractivity contribution in [1.82, 2.24) is 14.8 Å². The molecule has 1 fully saturated rings. The highest BCUT2D eigenvalue weighted by Gasteiger charge is 2.48. The van der Waals surface area contributed by atoms with E-state index in [0.717, 1.165) is 29.8 Å². The number of methoxy groups -OCH3 is 1. The molecule has 0 saturated heterocycles. The van der Waals surface area contributed by atoms with Gasteiger partial charge in [0.15, 0.2) is 0 Å². The molecule has 7 heteroatoms. The molecule has 3 heterocycles. The van der Waals surface area contributed by atoms with E-state index in [1.54, 1.807) is 18.3 Å². The van der Waals surface area contributed by atoms with Crippen molar-refractivity contribution in [2.45, 2.75) is 64.7 Å². The maximum Gasteiger partial charge on any atom is 0.271 e. The van der Waals surface area contributed by atoms with Gasteiger partial charge < -0.3 is 23.9 Å². The van der Waals surface area contributed by atoms with Crippen LogP contribution in [-0.4, -0.2) is 40.0 Å². The van der Waals surface area contributed by atoms with Crippen molar-refractivity contribution >= 4 is 11.8 Å². The highest BCUT2D eigenvalue weighted by atomic mass is 16.5. The van der Waals surface area contributed by atoms with Gasteiger partial charge in [-0.15, -0.1) is 0 Å². The third-order valence-corrected chi connectivity index (χ3v) is 8.29. The Morgan fingerprint density at radius 2 is 1.86 bits per heavy atom. The van der Waals surface area contributed by atoms with E-state index in [0.29, 0.717) is 36.4 Å². The molecule has 2 aliphatic rings. The van der Waals surface area contributed by atoms with Crippen LogP contribution in [0.1, 0.15) is 56.1 Å². The van der Waals surface area contributed by atoms with E-state index in [1.165, 1.54) is 6.42 Å². The van der Waals surface area contributed by atoms with Gasteiger partial charge in [0.05, 0.1) is 25.6 Å². The van der Waals surface area contributed by atoms with Gasteiger partial charge in [-0.1, -0.05) is 38.8 Å². The molecule has 3 aromatic rings. The Balaban J connectivity index is 1.51. The van der Waals surface area contributed by atoms with Crippen LogP contribution in [0.25, 0.3) is 11.5 Å². The van der Waals surface area contributed by atoms with Gasteiger partial charge in [0.1, 0.15) is 22.7 Å². The molecule has 7 nitrogen and oxygen atoms in total. The summed E-state index contributed by atoms with van der Waals surface area (Å²) in [6.07, 6.45) is 4.87. The molecule has 190 valence electrons. The van der Waals surface area contributed by atoms with E-state index in [9.17, 15) is 9.59 Å². The molecule has 2 amide bonds. The van der Waals surface area contributed by atoms with Gasteiger partial charge in [0.2, 0.25) is 5.91 Å². The van der Waals surface area contributed by atoms with E-state index < -0.39 is 5.54 Å². The summed E-state index contributed by atoms with van der Waals surface area (Å²) < 4.78 is 12.9. The normalized spacial score (nSPS) is 25.9. The Bertz CT molecular complexity index is 1230. The summed E-state index contributed by atoms with van der Waals surface area (Å²) in [6.45, 7) is 7.03. The number of furan rings is 1. The number of hydrogen-bond donors (Lipinski definition) is 1. The zero-order valence-corrected chi connectivity index (χ0v) is 21.5. The summed E-state index contributed by atoms with van der Waals surface area (Å²) in [7, 11) is 1.63. The molecule has 2 aromatic heterocycles. The molecule has 1 aliphatic heterocycles. The molecular formula is C29H35N3O4. The quantitative estimate of drug-likeness (QED) is 0.522. The van der Waals surface area contributed by atoms with Crippen LogP contribution in [0.15, 0.2) is 59.2 Å². The molecule has 1 N–H and O–H groups in total. The summed E-state index contributed by atoms with van der Waals surface area (Å²) in [5.41, 5.74) is 1.21. The average Bonchev–Trinajstić information content (AvgIpc) is 3.55. The molecule has 0 spiro atoms. The predicted octanol–water partition coefficient (Wildman–Crippen LogP) is 5.11. The van der Waals surface area contributed by atoms with E-state index in [-0.39, 0.29) is 17.9 Å². The molecule has 1 aromatic carbocycles. The van der Waals surface area contributed by atoms with Gasteiger partial charge >= 0.3 is 0 Å². The largest absolute Gasteiger partial charge is 0.497 e. The third kappa shape index (κ3) is 4.21. The molecular weight excluding hydrogens is 454 g/mol. The topological polar surface area (TPSA) is 76.7 Å². The Kier molecular flexibility index (Phi) is 6.41. The first-order valence-electron chi connectivity index (χ1n) is 12.8. The number of carbonyl (C=O) groups is 2. The fourth-order valence-electron chi connectivity index (χ4n) is 5.68. The summed E-state index contributed by atoms with van der Waals surface area (Å²) in [4.78, 5) is 29.7. The first-order chi connectivity index (χ1) is 17.3. The lowest BCUT2D eigenvalue weighted by atomic mass is 9.77. The monoisotopic (exact) mass is 489 g/mol. The van der Waals surface area contributed by atoms with Crippen LogP contribution >= 0.6 is 0 Å². The maximum absolute atomic E-state index is 14.1. The number of carbonyl (C=O) groups excluding carboxylic acids is 2. The zero-order chi connectivity index (χ0) is 25.4. The SMILES string of the molecule is COc1ccc(CN2C(=O)c3ccc(-c4ccco4)n3C[C@]2(C)C(=O)N[C@@H]2CCC[C@@H](C)[C@H]2C)cc1. The summed E-state index contributed by atoms with van der Waals surface area (Å²) >= 11 is 0. The van der Waals surface area contributed by atoms with Gasteiger partial charge in [0, 0.05) is 12.6 Å².